The van der Waals surface area contributed by atoms with Crippen molar-refractivity contribution < 1.29 is 0 Å². The molecule has 2 nitrogen and oxygen atoms in total. The van der Waals surface area contributed by atoms with Gasteiger partial charge >= 0.3 is 0 Å². The Hall–Kier alpha value is -2.24. The lowest BCUT2D eigenvalue weighted by atomic mass is 9.79. The summed E-state index contributed by atoms with van der Waals surface area (Å²) in [5, 5.41) is 10.4. The first kappa shape index (κ1) is 19.5. The summed E-state index contributed by atoms with van der Waals surface area (Å²) in [5.41, 5.74) is 6.73. The average Bonchev–Trinajstić information content (AvgIpc) is 2.61. The van der Waals surface area contributed by atoms with Gasteiger partial charge in [0.15, 0.2) is 0 Å². The van der Waals surface area contributed by atoms with Gasteiger partial charge < -0.3 is 4.90 Å². The molecule has 0 aliphatic carbocycles. The van der Waals surface area contributed by atoms with Crippen molar-refractivity contribution in [3.63, 3.8) is 0 Å². The summed E-state index contributed by atoms with van der Waals surface area (Å²) in [6.45, 7) is 12.3. The fourth-order valence-corrected chi connectivity index (χ4v) is 4.50. The SMILES string of the molecule is CCN1c2cc(C)c(/C=C(\C#N)c3ccc(Cl)cc3)cc2C(C)CC1(C)C. The molecule has 0 saturated carbocycles. The van der Waals surface area contributed by atoms with Crippen LogP contribution in [0.1, 0.15) is 62.3 Å². The molecular formula is C24H27ClN2. The van der Waals surface area contributed by atoms with Crippen molar-refractivity contribution >= 4 is 28.9 Å². The minimum atomic E-state index is 0.159. The maximum Gasteiger partial charge on any atom is 0.0998 e. The smallest absolute Gasteiger partial charge is 0.0998 e. The predicted octanol–water partition coefficient (Wildman–Crippen LogP) is 6.82. The molecule has 3 heteroatoms. The zero-order valence-electron chi connectivity index (χ0n) is 16.8. The van der Waals surface area contributed by atoms with Gasteiger partial charge in [0.1, 0.15) is 0 Å². The summed E-state index contributed by atoms with van der Waals surface area (Å²) in [7, 11) is 0. The normalized spacial score (nSPS) is 18.8. The summed E-state index contributed by atoms with van der Waals surface area (Å²) in [6, 6.07) is 14.4. The topological polar surface area (TPSA) is 27.0 Å². The highest BCUT2D eigenvalue weighted by Crippen LogP contribution is 2.44. The number of anilines is 1. The van der Waals surface area contributed by atoms with Gasteiger partial charge in [-0.25, -0.2) is 0 Å². The van der Waals surface area contributed by atoms with E-state index in [0.717, 1.165) is 24.1 Å². The molecule has 2 aromatic carbocycles. The summed E-state index contributed by atoms with van der Waals surface area (Å²) < 4.78 is 0. The Kier molecular flexibility index (Phi) is 5.36. The van der Waals surface area contributed by atoms with Gasteiger partial charge in [-0.2, -0.15) is 5.26 Å². The average molecular weight is 379 g/mol. The lowest BCUT2D eigenvalue weighted by molar-refractivity contribution is 0.381. The molecule has 2 aromatic rings. The standard InChI is InChI=1S/C24H27ClN2/c1-6-27-23-11-16(2)19(13-22(23)17(3)14-24(27,4)5)12-20(15-26)18-7-9-21(25)10-8-18/h7-13,17H,6,14H2,1-5H3/b20-12+. The Morgan fingerprint density at radius 3 is 2.56 bits per heavy atom. The maximum absolute atomic E-state index is 9.68. The number of hydrogen-bond donors (Lipinski definition) is 0. The van der Waals surface area contributed by atoms with E-state index in [-0.39, 0.29) is 5.54 Å². The van der Waals surface area contributed by atoms with Crippen molar-refractivity contribution in [2.24, 2.45) is 0 Å². The zero-order valence-corrected chi connectivity index (χ0v) is 17.6. The van der Waals surface area contributed by atoms with E-state index in [1.165, 1.54) is 16.8 Å². The van der Waals surface area contributed by atoms with Gasteiger partial charge in [-0.3, -0.25) is 0 Å². The van der Waals surface area contributed by atoms with E-state index < -0.39 is 0 Å². The minimum Gasteiger partial charge on any atom is -0.366 e. The number of benzene rings is 2. The van der Waals surface area contributed by atoms with Crippen molar-refractivity contribution in [1.29, 1.82) is 5.26 Å². The van der Waals surface area contributed by atoms with Crippen LogP contribution in [0.15, 0.2) is 36.4 Å². The van der Waals surface area contributed by atoms with Crippen LogP contribution in [-0.4, -0.2) is 12.1 Å². The van der Waals surface area contributed by atoms with E-state index in [0.29, 0.717) is 16.5 Å². The third-order valence-corrected chi connectivity index (χ3v) is 5.92. The van der Waals surface area contributed by atoms with Gasteiger partial charge in [-0.1, -0.05) is 30.7 Å². The van der Waals surface area contributed by atoms with E-state index in [4.69, 9.17) is 11.6 Å². The first-order valence-electron chi connectivity index (χ1n) is 9.56. The van der Waals surface area contributed by atoms with E-state index in [1.807, 2.05) is 30.3 Å². The summed E-state index contributed by atoms with van der Waals surface area (Å²) in [6.07, 6.45) is 3.13. The van der Waals surface area contributed by atoms with E-state index in [1.54, 1.807) is 0 Å². The second kappa shape index (κ2) is 7.41. The van der Waals surface area contributed by atoms with Crippen LogP contribution in [0.25, 0.3) is 11.6 Å². The first-order chi connectivity index (χ1) is 12.8. The van der Waals surface area contributed by atoms with Gasteiger partial charge in [-0.15, -0.1) is 0 Å². The Labute approximate surface area is 168 Å². The number of nitriles is 1. The molecule has 27 heavy (non-hydrogen) atoms. The fraction of sp³-hybridized carbons (Fsp3) is 0.375. The Morgan fingerprint density at radius 1 is 1.30 bits per heavy atom. The number of fused-ring (bicyclic) bond motifs is 1. The number of halogens is 1. The highest BCUT2D eigenvalue weighted by molar-refractivity contribution is 6.30. The van der Waals surface area contributed by atoms with Crippen LogP contribution in [0.2, 0.25) is 5.02 Å². The van der Waals surface area contributed by atoms with Crippen LogP contribution in [0, 0.1) is 18.3 Å². The third-order valence-electron chi connectivity index (χ3n) is 5.67. The highest BCUT2D eigenvalue weighted by Gasteiger charge is 2.35. The van der Waals surface area contributed by atoms with Crippen molar-refractivity contribution in [2.45, 2.75) is 52.5 Å². The van der Waals surface area contributed by atoms with Gasteiger partial charge in [-0.05, 0) is 92.6 Å². The summed E-state index contributed by atoms with van der Waals surface area (Å²) >= 11 is 5.98. The van der Waals surface area contributed by atoms with Crippen LogP contribution in [0.5, 0.6) is 0 Å². The molecule has 0 spiro atoms. The second-order valence-corrected chi connectivity index (χ2v) is 8.54. The van der Waals surface area contributed by atoms with Crippen LogP contribution in [0.3, 0.4) is 0 Å². The predicted molar refractivity (Wildman–Crippen MR) is 116 cm³/mol. The molecule has 0 radical (unpaired) electrons. The van der Waals surface area contributed by atoms with E-state index >= 15 is 0 Å². The molecule has 3 rings (SSSR count). The molecule has 0 saturated heterocycles. The quantitative estimate of drug-likeness (QED) is 0.432. The molecule has 0 N–H and O–H groups in total. The maximum atomic E-state index is 9.68. The number of hydrogen-bond acceptors (Lipinski definition) is 2. The van der Waals surface area contributed by atoms with Gasteiger partial charge in [0.05, 0.1) is 11.6 Å². The number of allylic oxidation sites excluding steroid dienone is 1. The Morgan fingerprint density at radius 2 is 1.96 bits per heavy atom. The van der Waals surface area contributed by atoms with Gasteiger partial charge in [0.25, 0.3) is 0 Å². The monoisotopic (exact) mass is 378 g/mol. The van der Waals surface area contributed by atoms with Crippen molar-refractivity contribution in [3.05, 3.63) is 63.7 Å². The Balaban J connectivity index is 2.10. The Bertz CT molecular complexity index is 917. The van der Waals surface area contributed by atoms with Crippen LogP contribution in [0.4, 0.5) is 5.69 Å². The fourth-order valence-electron chi connectivity index (χ4n) is 4.37. The minimum absolute atomic E-state index is 0.159. The molecule has 1 aliphatic rings. The van der Waals surface area contributed by atoms with Crippen LogP contribution >= 0.6 is 11.6 Å². The second-order valence-electron chi connectivity index (χ2n) is 8.11. The third kappa shape index (κ3) is 3.75. The molecule has 0 aromatic heterocycles. The summed E-state index contributed by atoms with van der Waals surface area (Å²) in [4.78, 5) is 2.51. The molecular weight excluding hydrogens is 352 g/mol. The lowest BCUT2D eigenvalue weighted by Gasteiger charge is -2.47. The number of nitrogens with zero attached hydrogens (tertiary/aromatic N) is 2. The van der Waals surface area contributed by atoms with Crippen molar-refractivity contribution in [2.75, 3.05) is 11.4 Å². The highest BCUT2D eigenvalue weighted by atomic mass is 35.5. The molecule has 140 valence electrons. The largest absolute Gasteiger partial charge is 0.366 e. The van der Waals surface area contributed by atoms with Gasteiger partial charge in [0.2, 0.25) is 0 Å². The van der Waals surface area contributed by atoms with E-state index in [2.05, 4.69) is 57.7 Å². The molecule has 1 heterocycles. The lowest BCUT2D eigenvalue weighted by Crippen LogP contribution is -2.48. The molecule has 1 aliphatic heterocycles. The van der Waals surface area contributed by atoms with Crippen LogP contribution < -0.4 is 4.90 Å². The molecule has 0 amide bonds. The van der Waals surface area contributed by atoms with Gasteiger partial charge in [0, 0.05) is 22.8 Å². The molecule has 1 unspecified atom stereocenters. The van der Waals surface area contributed by atoms with Crippen molar-refractivity contribution in [3.8, 4) is 6.07 Å². The number of aryl methyl sites for hydroxylation is 1. The number of rotatable bonds is 3. The summed E-state index contributed by atoms with van der Waals surface area (Å²) in [5.74, 6) is 0.492. The zero-order chi connectivity index (χ0) is 19.8. The molecule has 0 fully saturated rings. The van der Waals surface area contributed by atoms with E-state index in [9.17, 15) is 5.26 Å². The molecule has 0 bridgehead atoms. The first-order valence-corrected chi connectivity index (χ1v) is 9.94. The van der Waals surface area contributed by atoms with Crippen molar-refractivity contribution in [1.82, 2.24) is 0 Å². The van der Waals surface area contributed by atoms with Crippen LogP contribution in [-0.2, 0) is 0 Å². The molecule has 1 atom stereocenters.